The van der Waals surface area contributed by atoms with Gasteiger partial charge in [-0.25, -0.2) is 8.42 Å². The van der Waals surface area contributed by atoms with Crippen molar-refractivity contribution >= 4 is 21.6 Å². The maximum Gasteiger partial charge on any atom is 0.244 e. The number of likely N-dealkylation sites (N-methyl/N-ethyl adjacent to an activating group) is 1. The Bertz CT molecular complexity index is 876. The van der Waals surface area contributed by atoms with E-state index in [0.29, 0.717) is 18.7 Å². The summed E-state index contributed by atoms with van der Waals surface area (Å²) in [6, 6.07) is 15.4. The van der Waals surface area contributed by atoms with E-state index in [4.69, 9.17) is 16.9 Å². The number of hydrogen-bond donors (Lipinski definition) is 0. The number of rotatable bonds is 7. The van der Waals surface area contributed by atoms with Crippen molar-refractivity contribution in [3.63, 3.8) is 0 Å². The van der Waals surface area contributed by atoms with Crippen molar-refractivity contribution in [1.29, 1.82) is 5.26 Å². The smallest absolute Gasteiger partial charge is 0.244 e. The third kappa shape index (κ3) is 5.03. The summed E-state index contributed by atoms with van der Waals surface area (Å²) < 4.78 is 27.6. The first kappa shape index (κ1) is 19.4. The van der Waals surface area contributed by atoms with Gasteiger partial charge in [0.2, 0.25) is 10.0 Å². The minimum Gasteiger partial charge on any atom is -0.308 e. The zero-order valence-electron chi connectivity index (χ0n) is 14.2. The molecule has 0 aliphatic heterocycles. The molecule has 0 saturated carbocycles. The van der Waals surface area contributed by atoms with Crippen molar-refractivity contribution in [2.45, 2.75) is 11.4 Å². The van der Waals surface area contributed by atoms with Crippen LogP contribution in [-0.2, 0) is 16.6 Å². The largest absolute Gasteiger partial charge is 0.308 e. The summed E-state index contributed by atoms with van der Waals surface area (Å²) in [5.74, 6) is 0. The van der Waals surface area contributed by atoms with Crippen LogP contribution >= 0.6 is 11.6 Å². The quantitative estimate of drug-likeness (QED) is 0.744. The molecule has 0 spiro atoms. The van der Waals surface area contributed by atoms with Gasteiger partial charge < -0.3 is 4.90 Å². The van der Waals surface area contributed by atoms with Crippen LogP contribution in [0.25, 0.3) is 0 Å². The van der Waals surface area contributed by atoms with Gasteiger partial charge in [0.1, 0.15) is 4.90 Å². The topological polar surface area (TPSA) is 64.4 Å². The highest BCUT2D eigenvalue weighted by Gasteiger charge is 2.26. The molecule has 0 unspecified atom stereocenters. The first-order chi connectivity index (χ1) is 11.8. The van der Waals surface area contributed by atoms with Crippen molar-refractivity contribution in [3.8, 4) is 6.07 Å². The van der Waals surface area contributed by atoms with Crippen LogP contribution in [0.1, 0.15) is 11.1 Å². The average molecular weight is 378 g/mol. The van der Waals surface area contributed by atoms with Crippen LogP contribution in [0.2, 0.25) is 5.02 Å². The number of sulfonamides is 1. The summed E-state index contributed by atoms with van der Waals surface area (Å²) in [5.41, 5.74) is 1.26. The first-order valence-electron chi connectivity index (χ1n) is 7.73. The fourth-order valence-electron chi connectivity index (χ4n) is 2.33. The Labute approximate surface area is 154 Å². The van der Waals surface area contributed by atoms with E-state index in [1.165, 1.54) is 10.4 Å². The fourth-order valence-corrected chi connectivity index (χ4v) is 4.24. The Balaban J connectivity index is 2.38. The lowest BCUT2D eigenvalue weighted by molar-refractivity contribution is 0.329. The zero-order chi connectivity index (χ0) is 18.4. The maximum absolute atomic E-state index is 13.1. The standard InChI is InChI=1S/C18H20ClN3O2S/c1-21(2)10-11-22(14-16-7-5-6-15(12-16)13-20)25(23,24)18-9-4-3-8-17(18)19/h3-9,12H,10-11,14H2,1-2H3. The van der Waals surface area contributed by atoms with Gasteiger partial charge in [0.05, 0.1) is 16.7 Å². The second-order valence-corrected chi connectivity index (χ2v) is 8.20. The summed E-state index contributed by atoms with van der Waals surface area (Å²) >= 11 is 6.11. The highest BCUT2D eigenvalue weighted by Crippen LogP contribution is 2.25. The van der Waals surface area contributed by atoms with Gasteiger partial charge in [0, 0.05) is 19.6 Å². The van der Waals surface area contributed by atoms with Gasteiger partial charge in [-0.1, -0.05) is 35.9 Å². The molecule has 0 aliphatic rings. The van der Waals surface area contributed by atoms with Crippen molar-refractivity contribution < 1.29 is 8.42 Å². The molecule has 0 bridgehead atoms. The molecule has 0 atom stereocenters. The van der Waals surface area contributed by atoms with E-state index in [2.05, 4.69) is 6.07 Å². The second-order valence-electron chi connectivity index (χ2n) is 5.88. The molecule has 2 aromatic rings. The lowest BCUT2D eigenvalue weighted by Gasteiger charge is -2.24. The maximum atomic E-state index is 13.1. The van der Waals surface area contributed by atoms with E-state index in [-0.39, 0.29) is 16.5 Å². The minimum atomic E-state index is -3.75. The van der Waals surface area contributed by atoms with Crippen LogP contribution in [-0.4, -0.2) is 44.8 Å². The van der Waals surface area contributed by atoms with Gasteiger partial charge in [-0.05, 0) is 43.9 Å². The first-order valence-corrected chi connectivity index (χ1v) is 9.55. The van der Waals surface area contributed by atoms with E-state index >= 15 is 0 Å². The average Bonchev–Trinajstić information content (AvgIpc) is 2.58. The molecule has 0 aromatic heterocycles. The molecule has 2 rings (SSSR count). The molecule has 0 N–H and O–H groups in total. The fraction of sp³-hybridized carbons (Fsp3) is 0.278. The SMILES string of the molecule is CN(C)CCN(Cc1cccc(C#N)c1)S(=O)(=O)c1ccccc1Cl. The van der Waals surface area contributed by atoms with Crippen LogP contribution in [0.3, 0.4) is 0 Å². The number of nitriles is 1. The van der Waals surface area contributed by atoms with Gasteiger partial charge in [-0.3, -0.25) is 0 Å². The van der Waals surface area contributed by atoms with Crippen LogP contribution in [0.5, 0.6) is 0 Å². The third-order valence-electron chi connectivity index (χ3n) is 3.67. The summed E-state index contributed by atoms with van der Waals surface area (Å²) in [4.78, 5) is 2.01. The Morgan fingerprint density at radius 3 is 2.44 bits per heavy atom. The highest BCUT2D eigenvalue weighted by molar-refractivity contribution is 7.89. The van der Waals surface area contributed by atoms with Crippen LogP contribution in [0.4, 0.5) is 0 Å². The molecule has 0 fully saturated rings. The molecule has 25 heavy (non-hydrogen) atoms. The van der Waals surface area contributed by atoms with Gasteiger partial charge >= 0.3 is 0 Å². The normalized spacial score (nSPS) is 11.7. The molecule has 5 nitrogen and oxygen atoms in total. The van der Waals surface area contributed by atoms with Crippen molar-refractivity contribution in [2.75, 3.05) is 27.2 Å². The molecular weight excluding hydrogens is 358 g/mol. The van der Waals surface area contributed by atoms with Crippen molar-refractivity contribution in [1.82, 2.24) is 9.21 Å². The summed E-state index contributed by atoms with van der Waals surface area (Å²) in [6.07, 6.45) is 0. The van der Waals surface area contributed by atoms with E-state index in [1.54, 1.807) is 36.4 Å². The molecule has 0 amide bonds. The molecule has 7 heteroatoms. The number of nitrogens with zero attached hydrogens (tertiary/aromatic N) is 3. The Morgan fingerprint density at radius 1 is 1.08 bits per heavy atom. The van der Waals surface area contributed by atoms with Crippen LogP contribution < -0.4 is 0 Å². The molecule has 0 saturated heterocycles. The van der Waals surface area contributed by atoms with Crippen molar-refractivity contribution in [3.05, 3.63) is 64.7 Å². The van der Waals surface area contributed by atoms with E-state index in [9.17, 15) is 8.42 Å². The lowest BCUT2D eigenvalue weighted by Crippen LogP contribution is -2.36. The van der Waals surface area contributed by atoms with E-state index in [0.717, 1.165) is 5.56 Å². The Kier molecular flexibility index (Phi) is 6.57. The molecule has 2 aromatic carbocycles. The predicted molar refractivity (Wildman–Crippen MR) is 98.8 cm³/mol. The third-order valence-corrected chi connectivity index (χ3v) is 6.01. The molecule has 0 aliphatic carbocycles. The Morgan fingerprint density at radius 2 is 1.80 bits per heavy atom. The van der Waals surface area contributed by atoms with Gasteiger partial charge in [-0.15, -0.1) is 0 Å². The molecule has 0 radical (unpaired) electrons. The lowest BCUT2D eigenvalue weighted by atomic mass is 10.1. The molecule has 0 heterocycles. The summed E-state index contributed by atoms with van der Waals surface area (Å²) in [7, 11) is 0.0177. The second kappa shape index (κ2) is 8.45. The monoisotopic (exact) mass is 377 g/mol. The number of hydrogen-bond acceptors (Lipinski definition) is 4. The van der Waals surface area contributed by atoms with Gasteiger partial charge in [0.25, 0.3) is 0 Å². The number of halogens is 1. The zero-order valence-corrected chi connectivity index (χ0v) is 15.8. The highest BCUT2D eigenvalue weighted by atomic mass is 35.5. The summed E-state index contributed by atoms with van der Waals surface area (Å²) in [6.45, 7) is 1.07. The van der Waals surface area contributed by atoms with Crippen LogP contribution in [0.15, 0.2) is 53.4 Å². The molecule has 132 valence electrons. The van der Waals surface area contributed by atoms with E-state index in [1.807, 2.05) is 25.1 Å². The van der Waals surface area contributed by atoms with Gasteiger partial charge in [-0.2, -0.15) is 9.57 Å². The number of benzene rings is 2. The Hall–Kier alpha value is -1.91. The molecular formula is C18H20ClN3O2S. The van der Waals surface area contributed by atoms with Gasteiger partial charge in [0.15, 0.2) is 0 Å². The minimum absolute atomic E-state index is 0.0897. The predicted octanol–water partition coefficient (Wildman–Crippen LogP) is 2.96. The van der Waals surface area contributed by atoms with Crippen molar-refractivity contribution in [2.24, 2.45) is 0 Å². The summed E-state index contributed by atoms with van der Waals surface area (Å²) in [5, 5.41) is 9.24. The van der Waals surface area contributed by atoms with Crippen LogP contribution in [0, 0.1) is 11.3 Å². The van der Waals surface area contributed by atoms with E-state index < -0.39 is 10.0 Å².